The molecule has 0 fully saturated rings. The lowest BCUT2D eigenvalue weighted by atomic mass is 9.95. The summed E-state index contributed by atoms with van der Waals surface area (Å²) < 4.78 is 4.81. The van der Waals surface area contributed by atoms with Crippen molar-refractivity contribution in [3.63, 3.8) is 0 Å². The molecule has 1 aromatic heterocycles. The van der Waals surface area contributed by atoms with Crippen molar-refractivity contribution in [1.29, 1.82) is 0 Å². The molecule has 23 heavy (non-hydrogen) atoms. The highest BCUT2D eigenvalue weighted by Crippen LogP contribution is 2.33. The average molecular weight is 304 g/mol. The largest absolute Gasteiger partial charge is 0.464 e. The number of nitrogens with zero attached hydrogens (tertiary/aromatic N) is 1. The van der Waals surface area contributed by atoms with Crippen molar-refractivity contribution in [1.82, 2.24) is 4.98 Å². The molecule has 2 aromatic carbocycles. The molecule has 3 rings (SSSR count). The Balaban J connectivity index is 2.41. The van der Waals surface area contributed by atoms with Gasteiger partial charge >= 0.3 is 5.97 Å². The SMILES string of the molecule is C=Cc1ccccc1-c1cc(C(=O)OC)nc2c(N)cccc12. The van der Waals surface area contributed by atoms with Crippen molar-refractivity contribution in [3.8, 4) is 11.1 Å². The number of fused-ring (bicyclic) bond motifs is 1. The van der Waals surface area contributed by atoms with Crippen molar-refractivity contribution in [2.24, 2.45) is 0 Å². The molecule has 0 bridgehead atoms. The second kappa shape index (κ2) is 5.93. The number of hydrogen-bond donors (Lipinski definition) is 1. The third kappa shape index (κ3) is 2.55. The summed E-state index contributed by atoms with van der Waals surface area (Å²) in [6, 6.07) is 15.1. The van der Waals surface area contributed by atoms with Crippen LogP contribution in [0.15, 0.2) is 55.1 Å². The van der Waals surface area contributed by atoms with Crippen LogP contribution in [0.4, 0.5) is 5.69 Å². The fraction of sp³-hybridized carbons (Fsp3) is 0.0526. The predicted octanol–water partition coefficient (Wildman–Crippen LogP) is 3.91. The Labute approximate surface area is 134 Å². The molecule has 0 aliphatic heterocycles. The minimum absolute atomic E-state index is 0.228. The molecular formula is C19H16N2O2. The molecule has 0 radical (unpaired) electrons. The Hall–Kier alpha value is -3.14. The molecule has 0 aliphatic carbocycles. The van der Waals surface area contributed by atoms with Gasteiger partial charge in [0.2, 0.25) is 0 Å². The lowest BCUT2D eigenvalue weighted by Crippen LogP contribution is -2.06. The highest BCUT2D eigenvalue weighted by atomic mass is 16.5. The quantitative estimate of drug-likeness (QED) is 0.588. The molecule has 0 saturated carbocycles. The number of rotatable bonds is 3. The van der Waals surface area contributed by atoms with E-state index >= 15 is 0 Å². The Morgan fingerprint density at radius 1 is 1.17 bits per heavy atom. The maximum Gasteiger partial charge on any atom is 0.356 e. The van der Waals surface area contributed by atoms with Gasteiger partial charge in [0.1, 0.15) is 5.69 Å². The number of ether oxygens (including phenoxy) is 1. The molecule has 0 saturated heterocycles. The number of carbonyl (C=O) groups excluding carboxylic acids is 1. The van der Waals surface area contributed by atoms with Crippen molar-refractivity contribution < 1.29 is 9.53 Å². The first-order valence-corrected chi connectivity index (χ1v) is 7.15. The number of benzene rings is 2. The van der Waals surface area contributed by atoms with Crippen LogP contribution in [0.1, 0.15) is 16.1 Å². The average Bonchev–Trinajstić information content (AvgIpc) is 2.60. The summed E-state index contributed by atoms with van der Waals surface area (Å²) in [4.78, 5) is 16.3. The molecule has 2 N–H and O–H groups in total. The zero-order valence-corrected chi connectivity index (χ0v) is 12.7. The van der Waals surface area contributed by atoms with Gasteiger partial charge in [0, 0.05) is 5.39 Å². The summed E-state index contributed by atoms with van der Waals surface area (Å²) in [6.07, 6.45) is 1.78. The van der Waals surface area contributed by atoms with Gasteiger partial charge in [0.25, 0.3) is 0 Å². The molecule has 4 heteroatoms. The maximum atomic E-state index is 12.0. The van der Waals surface area contributed by atoms with Crippen LogP contribution in [0.2, 0.25) is 0 Å². The molecule has 0 atom stereocenters. The first kappa shape index (κ1) is 14.8. The first-order chi connectivity index (χ1) is 11.2. The molecule has 0 aliphatic rings. The van der Waals surface area contributed by atoms with E-state index in [0.717, 1.165) is 22.1 Å². The minimum atomic E-state index is -0.493. The normalized spacial score (nSPS) is 10.5. The van der Waals surface area contributed by atoms with Gasteiger partial charge in [-0.1, -0.05) is 49.1 Å². The van der Waals surface area contributed by atoms with Gasteiger partial charge in [-0.2, -0.15) is 0 Å². The highest BCUT2D eigenvalue weighted by molar-refractivity contribution is 6.04. The van der Waals surface area contributed by atoms with Crippen LogP contribution < -0.4 is 5.73 Å². The third-order valence-corrected chi connectivity index (χ3v) is 3.74. The number of methoxy groups -OCH3 is 1. The third-order valence-electron chi connectivity index (χ3n) is 3.74. The van der Waals surface area contributed by atoms with E-state index in [9.17, 15) is 4.79 Å². The van der Waals surface area contributed by atoms with Crippen LogP contribution in [-0.2, 0) is 4.74 Å². The monoisotopic (exact) mass is 304 g/mol. The smallest absolute Gasteiger partial charge is 0.356 e. The summed E-state index contributed by atoms with van der Waals surface area (Å²) in [5.74, 6) is -0.493. The van der Waals surface area contributed by atoms with Gasteiger partial charge in [0.15, 0.2) is 0 Å². The van der Waals surface area contributed by atoms with E-state index in [2.05, 4.69) is 11.6 Å². The molecule has 3 aromatic rings. The zero-order valence-electron chi connectivity index (χ0n) is 12.7. The van der Waals surface area contributed by atoms with Crippen LogP contribution in [0.5, 0.6) is 0 Å². The number of para-hydroxylation sites is 1. The van der Waals surface area contributed by atoms with Crippen molar-refractivity contribution in [2.45, 2.75) is 0 Å². The van der Waals surface area contributed by atoms with Crippen molar-refractivity contribution >= 4 is 28.6 Å². The number of carbonyl (C=O) groups is 1. The number of aromatic nitrogens is 1. The molecule has 1 heterocycles. The fourth-order valence-electron chi connectivity index (χ4n) is 2.62. The number of nitrogen functional groups attached to an aromatic ring is 1. The van der Waals surface area contributed by atoms with Gasteiger partial charge in [-0.3, -0.25) is 0 Å². The van der Waals surface area contributed by atoms with Crippen LogP contribution in [0.25, 0.3) is 28.1 Å². The van der Waals surface area contributed by atoms with Crippen LogP contribution in [-0.4, -0.2) is 18.1 Å². The first-order valence-electron chi connectivity index (χ1n) is 7.15. The van der Waals surface area contributed by atoms with Gasteiger partial charge in [-0.25, -0.2) is 9.78 Å². The van der Waals surface area contributed by atoms with Crippen LogP contribution >= 0.6 is 0 Å². The van der Waals surface area contributed by atoms with Gasteiger partial charge in [-0.05, 0) is 28.8 Å². The van der Waals surface area contributed by atoms with Crippen molar-refractivity contribution in [3.05, 3.63) is 66.4 Å². The number of hydrogen-bond acceptors (Lipinski definition) is 4. The summed E-state index contributed by atoms with van der Waals surface area (Å²) in [6.45, 7) is 3.86. The van der Waals surface area contributed by atoms with E-state index in [1.54, 1.807) is 18.2 Å². The predicted molar refractivity (Wildman–Crippen MR) is 93.0 cm³/mol. The molecule has 4 nitrogen and oxygen atoms in total. The molecular weight excluding hydrogens is 288 g/mol. The fourth-order valence-corrected chi connectivity index (χ4v) is 2.62. The molecule has 0 spiro atoms. The van der Waals surface area contributed by atoms with E-state index in [4.69, 9.17) is 10.5 Å². The molecule has 0 amide bonds. The Morgan fingerprint density at radius 3 is 2.70 bits per heavy atom. The van der Waals surface area contributed by atoms with E-state index in [1.807, 2.05) is 36.4 Å². The standard InChI is InChI=1S/C19H16N2O2/c1-3-12-7-4-5-8-13(12)15-11-17(19(22)23-2)21-18-14(15)9-6-10-16(18)20/h3-11H,1,20H2,2H3. The van der Waals surface area contributed by atoms with E-state index in [-0.39, 0.29) is 5.69 Å². The molecule has 0 unspecified atom stereocenters. The lowest BCUT2D eigenvalue weighted by molar-refractivity contribution is 0.0594. The van der Waals surface area contributed by atoms with Gasteiger partial charge in [0.05, 0.1) is 18.3 Å². The number of anilines is 1. The number of esters is 1. The maximum absolute atomic E-state index is 12.0. The van der Waals surface area contributed by atoms with E-state index < -0.39 is 5.97 Å². The summed E-state index contributed by atoms with van der Waals surface area (Å²) >= 11 is 0. The van der Waals surface area contributed by atoms with Gasteiger partial charge < -0.3 is 10.5 Å². The topological polar surface area (TPSA) is 65.2 Å². The van der Waals surface area contributed by atoms with E-state index in [0.29, 0.717) is 11.2 Å². The minimum Gasteiger partial charge on any atom is -0.464 e. The Kier molecular flexibility index (Phi) is 3.81. The Morgan fingerprint density at radius 2 is 1.96 bits per heavy atom. The van der Waals surface area contributed by atoms with E-state index in [1.165, 1.54) is 7.11 Å². The summed E-state index contributed by atoms with van der Waals surface area (Å²) in [5.41, 5.74) is 10.2. The lowest BCUT2D eigenvalue weighted by Gasteiger charge is -2.12. The van der Waals surface area contributed by atoms with Crippen LogP contribution in [0, 0.1) is 0 Å². The summed E-state index contributed by atoms with van der Waals surface area (Å²) in [7, 11) is 1.33. The second-order valence-electron chi connectivity index (χ2n) is 5.08. The number of pyridine rings is 1. The molecule has 114 valence electrons. The van der Waals surface area contributed by atoms with Crippen LogP contribution in [0.3, 0.4) is 0 Å². The number of nitrogens with two attached hydrogens (primary N) is 1. The zero-order chi connectivity index (χ0) is 16.4. The van der Waals surface area contributed by atoms with Crippen molar-refractivity contribution in [2.75, 3.05) is 12.8 Å². The van der Waals surface area contributed by atoms with Gasteiger partial charge in [-0.15, -0.1) is 0 Å². The summed E-state index contributed by atoms with van der Waals surface area (Å²) in [5, 5.41) is 0.881. The highest BCUT2D eigenvalue weighted by Gasteiger charge is 2.16. The second-order valence-corrected chi connectivity index (χ2v) is 5.08. The Bertz CT molecular complexity index is 916.